The lowest BCUT2D eigenvalue weighted by Crippen LogP contribution is -3.00. The average Bonchev–Trinajstić information content (AvgIpc) is 3.32. The smallest absolute Gasteiger partial charge is 0.277 e. The third kappa shape index (κ3) is 6.20. The number of nitrogens with two attached hydrogens (primary N) is 1. The molecule has 11 heteroatoms. The maximum absolute atomic E-state index is 11.8. The monoisotopic (exact) mass is 486 g/mol. The first-order valence-corrected chi connectivity index (χ1v) is 9.81. The van der Waals surface area contributed by atoms with E-state index in [0.717, 1.165) is 15.8 Å². The maximum atomic E-state index is 11.8. The van der Waals surface area contributed by atoms with Crippen molar-refractivity contribution in [1.29, 1.82) is 0 Å². The highest BCUT2D eigenvalue weighted by atomic mass is 79.9. The van der Waals surface area contributed by atoms with Crippen LogP contribution in [0.15, 0.2) is 44.8 Å². The van der Waals surface area contributed by atoms with Crippen molar-refractivity contribution in [2.24, 2.45) is 0 Å². The molecule has 2 heterocycles. The number of nitrogens with zero attached hydrogens (tertiary/aromatic N) is 2. The summed E-state index contributed by atoms with van der Waals surface area (Å²) in [6.45, 7) is 2.11. The number of hydrogen-bond acceptors (Lipinski definition) is 8. The van der Waals surface area contributed by atoms with Gasteiger partial charge in [-0.2, -0.15) is 0 Å². The van der Waals surface area contributed by atoms with Gasteiger partial charge < -0.3 is 33.5 Å². The summed E-state index contributed by atoms with van der Waals surface area (Å²) in [5.74, 6) is 0.379. The first-order valence-electron chi connectivity index (χ1n) is 8.14. The maximum Gasteiger partial charge on any atom is 0.277 e. The molecule has 0 spiro atoms. The molecule has 0 bridgehead atoms. The molecule has 28 heavy (non-hydrogen) atoms. The Morgan fingerprint density at radius 2 is 2.14 bits per heavy atom. The van der Waals surface area contributed by atoms with E-state index in [0.29, 0.717) is 26.2 Å². The summed E-state index contributed by atoms with van der Waals surface area (Å²) in [7, 11) is 0. The minimum atomic E-state index is -0.419. The van der Waals surface area contributed by atoms with Gasteiger partial charge in [0.05, 0.1) is 0 Å². The van der Waals surface area contributed by atoms with E-state index in [2.05, 4.69) is 41.5 Å². The minimum absolute atomic E-state index is 0. The lowest BCUT2D eigenvalue weighted by molar-refractivity contribution is -0.0000145. The second-order valence-electron chi connectivity index (χ2n) is 5.55. The highest BCUT2D eigenvalue weighted by molar-refractivity contribution is 9.10. The van der Waals surface area contributed by atoms with Crippen LogP contribution in [0.4, 0.5) is 5.82 Å². The van der Waals surface area contributed by atoms with Gasteiger partial charge in [0.1, 0.15) is 12.4 Å². The number of hydrogen-bond donors (Lipinski definition) is 3. The van der Waals surface area contributed by atoms with E-state index < -0.39 is 5.91 Å². The summed E-state index contributed by atoms with van der Waals surface area (Å²) in [5, 5.41) is 14.8. The summed E-state index contributed by atoms with van der Waals surface area (Å²) in [6, 6.07) is 9.95. The summed E-state index contributed by atoms with van der Waals surface area (Å²) < 4.78 is 11.3. The van der Waals surface area contributed by atoms with Gasteiger partial charge in [0, 0.05) is 34.5 Å². The second-order valence-corrected chi connectivity index (χ2v) is 7.50. The number of carbonyl (C=O) groups is 1. The highest BCUT2D eigenvalue weighted by Crippen LogP contribution is 2.24. The number of ether oxygens (including phenoxy) is 1. The van der Waals surface area contributed by atoms with E-state index in [-0.39, 0.29) is 23.9 Å². The molecule has 0 aliphatic rings. The fraction of sp³-hybridized carbons (Fsp3) is 0.235. The van der Waals surface area contributed by atoms with Crippen LogP contribution in [0.1, 0.15) is 20.9 Å². The number of aromatic nitrogens is 2. The number of nitrogen functional groups attached to an aromatic ring is 1. The molecular weight excluding hydrogens is 470 g/mol. The minimum Gasteiger partial charge on any atom is -1.00 e. The Balaban J connectivity index is 0.00000280. The first kappa shape index (κ1) is 22.2. The Labute approximate surface area is 180 Å². The zero-order valence-electron chi connectivity index (χ0n) is 14.7. The van der Waals surface area contributed by atoms with Gasteiger partial charge in [0.25, 0.3) is 5.91 Å². The Morgan fingerprint density at radius 3 is 2.86 bits per heavy atom. The largest absolute Gasteiger partial charge is 1.00 e. The van der Waals surface area contributed by atoms with E-state index in [1.165, 1.54) is 4.88 Å². The van der Waals surface area contributed by atoms with Crippen molar-refractivity contribution in [1.82, 2.24) is 20.9 Å². The van der Waals surface area contributed by atoms with Crippen molar-refractivity contribution in [3.05, 3.63) is 56.3 Å². The number of rotatable bonds is 9. The van der Waals surface area contributed by atoms with Crippen LogP contribution in [0, 0.1) is 0 Å². The number of anilines is 1. The molecule has 0 saturated heterocycles. The topological polar surface area (TPSA) is 115 Å². The molecule has 3 aromatic rings. The molecule has 3 rings (SSSR count). The Bertz CT molecular complexity index is 891. The number of benzene rings is 1. The van der Waals surface area contributed by atoms with Crippen LogP contribution < -0.4 is 33.5 Å². The van der Waals surface area contributed by atoms with Gasteiger partial charge in [-0.25, -0.2) is 4.63 Å². The van der Waals surface area contributed by atoms with E-state index in [1.807, 2.05) is 35.7 Å². The average molecular weight is 488 g/mol. The highest BCUT2D eigenvalue weighted by Gasteiger charge is 2.15. The summed E-state index contributed by atoms with van der Waals surface area (Å²) in [5.41, 5.74) is 6.50. The van der Waals surface area contributed by atoms with Crippen LogP contribution in [0.2, 0.25) is 0 Å². The normalized spacial score (nSPS) is 10.3. The van der Waals surface area contributed by atoms with Crippen LogP contribution in [0.25, 0.3) is 0 Å². The summed E-state index contributed by atoms with van der Waals surface area (Å²) in [4.78, 5) is 13.0. The lowest BCUT2D eigenvalue weighted by Gasteiger charge is -2.12. The second kappa shape index (κ2) is 11.0. The van der Waals surface area contributed by atoms with Crippen LogP contribution >= 0.6 is 27.3 Å². The molecule has 1 amide bonds. The zero-order valence-corrected chi connectivity index (χ0v) is 17.8. The Hall–Kier alpha value is -2.14. The lowest BCUT2D eigenvalue weighted by atomic mass is 10.2. The van der Waals surface area contributed by atoms with Crippen molar-refractivity contribution in [2.75, 3.05) is 18.8 Å². The molecule has 0 aliphatic heterocycles. The molecule has 2 aromatic heterocycles. The molecule has 8 nitrogen and oxygen atoms in total. The van der Waals surface area contributed by atoms with Crippen molar-refractivity contribution in [3.8, 4) is 5.75 Å². The van der Waals surface area contributed by atoms with Crippen LogP contribution in [0.5, 0.6) is 5.75 Å². The predicted octanol–water partition coefficient (Wildman–Crippen LogP) is -0.422. The third-order valence-electron chi connectivity index (χ3n) is 3.60. The van der Waals surface area contributed by atoms with E-state index in [1.54, 1.807) is 11.3 Å². The van der Waals surface area contributed by atoms with E-state index >= 15 is 0 Å². The molecule has 0 saturated carbocycles. The molecule has 0 unspecified atom stereocenters. The van der Waals surface area contributed by atoms with E-state index in [9.17, 15) is 4.79 Å². The fourth-order valence-corrected chi connectivity index (χ4v) is 3.32. The number of amides is 1. The molecule has 150 valence electrons. The van der Waals surface area contributed by atoms with Crippen LogP contribution in [-0.4, -0.2) is 29.3 Å². The van der Waals surface area contributed by atoms with Gasteiger partial charge in [-0.05, 0) is 40.0 Å². The predicted molar refractivity (Wildman–Crippen MR) is 106 cm³/mol. The van der Waals surface area contributed by atoms with Gasteiger partial charge in [0.2, 0.25) is 11.5 Å². The van der Waals surface area contributed by atoms with Crippen molar-refractivity contribution >= 4 is 39.0 Å². The molecule has 1 aromatic carbocycles. The molecule has 0 aliphatic carbocycles. The van der Waals surface area contributed by atoms with Gasteiger partial charge in [-0.1, -0.05) is 22.0 Å². The molecule has 0 radical (unpaired) electrons. The van der Waals surface area contributed by atoms with Gasteiger partial charge in [-0.15, -0.1) is 11.3 Å². The number of carbonyl (C=O) groups excluding carboxylic acids is 1. The Kier molecular flexibility index (Phi) is 8.71. The molecular formula is C17H18BrClN5O3S-. The fourth-order valence-electron chi connectivity index (χ4n) is 2.29. The van der Waals surface area contributed by atoms with Crippen molar-refractivity contribution < 1.29 is 26.6 Å². The van der Waals surface area contributed by atoms with E-state index in [4.69, 9.17) is 10.5 Å². The molecule has 0 atom stereocenters. The molecule has 0 fully saturated rings. The number of nitrogens with one attached hydrogen (secondary N) is 2. The summed E-state index contributed by atoms with van der Waals surface area (Å²) in [6.07, 6.45) is 0. The van der Waals surface area contributed by atoms with Crippen molar-refractivity contribution in [3.63, 3.8) is 0 Å². The zero-order chi connectivity index (χ0) is 19.1. The third-order valence-corrected chi connectivity index (χ3v) is 4.95. The van der Waals surface area contributed by atoms with Crippen LogP contribution in [0.3, 0.4) is 0 Å². The quantitative estimate of drug-likeness (QED) is 0.351. The van der Waals surface area contributed by atoms with Gasteiger partial charge in [-0.3, -0.25) is 4.79 Å². The van der Waals surface area contributed by atoms with Crippen molar-refractivity contribution in [2.45, 2.75) is 13.2 Å². The standard InChI is InChI=1S/C17H18BrN5O3S.ClH/c18-12-3-4-14(25-10-13-2-1-7-27-13)11(8-12)9-20-5-6-21-17(24)15-16(19)23-26-22-15;/h1-4,7-8,20H,5-6,9-10H2,(H2,19,23)(H,21,24);1H/p-1. The molecule has 4 N–H and O–H groups in total. The summed E-state index contributed by atoms with van der Waals surface area (Å²) >= 11 is 5.15. The van der Waals surface area contributed by atoms with Gasteiger partial charge >= 0.3 is 0 Å². The first-order chi connectivity index (χ1) is 13.1. The number of halogens is 2. The number of thiophene rings is 1. The van der Waals surface area contributed by atoms with Gasteiger partial charge in [0.15, 0.2) is 0 Å². The Morgan fingerprint density at radius 1 is 1.29 bits per heavy atom. The van der Waals surface area contributed by atoms with Crippen LogP contribution in [-0.2, 0) is 13.2 Å². The SMILES string of the molecule is Nc1nonc1C(=O)NCCNCc1cc(Br)ccc1OCc1cccs1.[Cl-].